The first-order chi connectivity index (χ1) is 5.47. The predicted molar refractivity (Wildman–Crippen MR) is 49.6 cm³/mol. The Morgan fingerprint density at radius 3 is 2.58 bits per heavy atom. The summed E-state index contributed by atoms with van der Waals surface area (Å²) in [5, 5.41) is 0. The van der Waals surface area contributed by atoms with Gasteiger partial charge >= 0.3 is 5.69 Å². The van der Waals surface area contributed by atoms with Crippen molar-refractivity contribution in [1.82, 2.24) is 15.0 Å². The number of hydrogen-bond donors (Lipinski definition) is 2. The molecule has 0 atom stereocenters. The molecular formula is C6H12N4OSi. The van der Waals surface area contributed by atoms with Crippen LogP contribution in [-0.2, 0) is 0 Å². The highest BCUT2D eigenvalue weighted by molar-refractivity contribution is 6.79. The van der Waals surface area contributed by atoms with Crippen molar-refractivity contribution in [1.29, 1.82) is 0 Å². The maximum absolute atomic E-state index is 10.7. The molecule has 0 aliphatic heterocycles. The molecule has 0 amide bonds. The van der Waals surface area contributed by atoms with E-state index in [-0.39, 0.29) is 5.69 Å². The fourth-order valence-electron chi connectivity index (χ4n) is 0.724. The van der Waals surface area contributed by atoms with Crippen LogP contribution >= 0.6 is 0 Å². The zero-order chi connectivity index (χ0) is 9.19. The van der Waals surface area contributed by atoms with E-state index < -0.39 is 8.24 Å². The molecule has 6 heteroatoms. The van der Waals surface area contributed by atoms with Crippen LogP contribution in [0.4, 0.5) is 5.95 Å². The first kappa shape index (κ1) is 8.92. The van der Waals surface area contributed by atoms with E-state index in [4.69, 9.17) is 0 Å². The standard InChI is InChI=1S/C6H12N4OSi/c1-12(2,3)10-5-7-4-8-6(11)9-5/h4H,1-3H3,(H2,7,8,9,10,11). The Morgan fingerprint density at radius 2 is 2.08 bits per heavy atom. The summed E-state index contributed by atoms with van der Waals surface area (Å²) in [5.41, 5.74) is -0.370. The topological polar surface area (TPSA) is 70.7 Å². The number of H-pyrrole nitrogens is 1. The van der Waals surface area contributed by atoms with Crippen LogP contribution in [-0.4, -0.2) is 23.2 Å². The van der Waals surface area contributed by atoms with Crippen LogP contribution in [0.5, 0.6) is 0 Å². The summed E-state index contributed by atoms with van der Waals surface area (Å²) >= 11 is 0. The molecule has 12 heavy (non-hydrogen) atoms. The summed E-state index contributed by atoms with van der Waals surface area (Å²) in [7, 11) is -1.43. The van der Waals surface area contributed by atoms with Crippen LogP contribution in [0, 0.1) is 0 Å². The van der Waals surface area contributed by atoms with Crippen LogP contribution < -0.4 is 10.7 Å². The number of nitrogens with zero attached hydrogens (tertiary/aromatic N) is 2. The largest absolute Gasteiger partial charge is 0.382 e. The van der Waals surface area contributed by atoms with E-state index in [1.54, 1.807) is 0 Å². The van der Waals surface area contributed by atoms with Crippen molar-refractivity contribution < 1.29 is 0 Å². The van der Waals surface area contributed by atoms with Crippen LogP contribution in [0.2, 0.25) is 19.6 Å². The molecule has 1 aromatic heterocycles. The highest BCUT2D eigenvalue weighted by Gasteiger charge is 2.13. The van der Waals surface area contributed by atoms with E-state index in [2.05, 4.69) is 39.6 Å². The molecule has 1 aromatic rings. The smallest absolute Gasteiger partial charge is 0.349 e. The Bertz CT molecular complexity index is 316. The highest BCUT2D eigenvalue weighted by atomic mass is 28.3. The minimum atomic E-state index is -1.43. The minimum absolute atomic E-state index is 0.370. The van der Waals surface area contributed by atoms with E-state index in [0.717, 1.165) is 0 Å². The number of aromatic amines is 1. The number of anilines is 1. The molecule has 66 valence electrons. The fraction of sp³-hybridized carbons (Fsp3) is 0.500. The van der Waals surface area contributed by atoms with E-state index in [1.165, 1.54) is 6.33 Å². The van der Waals surface area contributed by atoms with Crippen molar-refractivity contribution >= 4 is 14.2 Å². The quantitative estimate of drug-likeness (QED) is 0.653. The van der Waals surface area contributed by atoms with Gasteiger partial charge in [0.1, 0.15) is 14.6 Å². The van der Waals surface area contributed by atoms with Crippen LogP contribution in [0.1, 0.15) is 0 Å². The SMILES string of the molecule is C[Si](C)(C)Nc1ncnc(=O)[nH]1. The first-order valence-electron chi connectivity index (χ1n) is 3.67. The summed E-state index contributed by atoms with van der Waals surface area (Å²) in [6.07, 6.45) is 1.25. The Hall–Kier alpha value is -1.17. The number of nitrogens with one attached hydrogen (secondary N) is 2. The summed E-state index contributed by atoms with van der Waals surface area (Å²) in [6.45, 7) is 6.36. The maximum atomic E-state index is 10.7. The van der Waals surface area contributed by atoms with Crippen molar-refractivity contribution in [3.05, 3.63) is 16.8 Å². The second-order valence-electron chi connectivity index (χ2n) is 3.53. The zero-order valence-electron chi connectivity index (χ0n) is 7.38. The molecular weight excluding hydrogens is 172 g/mol. The Kier molecular flexibility index (Phi) is 2.27. The molecule has 0 aliphatic carbocycles. The molecule has 0 unspecified atom stereocenters. The molecule has 0 spiro atoms. The van der Waals surface area contributed by atoms with Gasteiger partial charge in [-0.25, -0.2) is 9.78 Å². The third-order valence-electron chi connectivity index (χ3n) is 1.08. The molecule has 0 fully saturated rings. The second-order valence-corrected chi connectivity index (χ2v) is 8.28. The molecule has 0 bridgehead atoms. The van der Waals surface area contributed by atoms with Gasteiger partial charge in [-0.15, -0.1) is 0 Å². The minimum Gasteiger partial charge on any atom is -0.382 e. The van der Waals surface area contributed by atoms with Gasteiger partial charge in [0.15, 0.2) is 5.95 Å². The zero-order valence-corrected chi connectivity index (χ0v) is 8.38. The third kappa shape index (κ3) is 2.83. The van der Waals surface area contributed by atoms with E-state index >= 15 is 0 Å². The van der Waals surface area contributed by atoms with Crippen LogP contribution in [0.3, 0.4) is 0 Å². The lowest BCUT2D eigenvalue weighted by molar-refractivity contribution is 0.996. The normalized spacial score (nSPS) is 11.2. The van der Waals surface area contributed by atoms with Gasteiger partial charge in [-0.1, -0.05) is 19.6 Å². The van der Waals surface area contributed by atoms with Crippen molar-refractivity contribution in [3.8, 4) is 0 Å². The van der Waals surface area contributed by atoms with Gasteiger partial charge in [0.25, 0.3) is 0 Å². The summed E-state index contributed by atoms with van der Waals surface area (Å²) in [4.78, 5) is 23.7. The molecule has 0 aliphatic rings. The van der Waals surface area contributed by atoms with Gasteiger partial charge in [-0.05, 0) is 0 Å². The molecule has 1 rings (SSSR count). The monoisotopic (exact) mass is 184 g/mol. The summed E-state index contributed by atoms with van der Waals surface area (Å²) < 4.78 is 0. The van der Waals surface area contributed by atoms with E-state index in [0.29, 0.717) is 5.95 Å². The van der Waals surface area contributed by atoms with E-state index in [9.17, 15) is 4.79 Å². The van der Waals surface area contributed by atoms with Gasteiger partial charge < -0.3 is 4.98 Å². The molecule has 0 aromatic carbocycles. The molecule has 0 saturated heterocycles. The molecule has 2 N–H and O–H groups in total. The predicted octanol–water partition coefficient (Wildman–Crippen LogP) is 0.412. The number of hydrogen-bond acceptors (Lipinski definition) is 4. The van der Waals surface area contributed by atoms with Crippen molar-refractivity contribution in [2.75, 3.05) is 4.98 Å². The fourth-order valence-corrected chi connectivity index (χ4v) is 1.56. The third-order valence-corrected chi connectivity index (χ3v) is 2.07. The molecule has 1 heterocycles. The molecule has 0 saturated carbocycles. The molecule has 5 nitrogen and oxygen atoms in total. The Labute approximate surface area is 71.4 Å². The van der Waals surface area contributed by atoms with Crippen molar-refractivity contribution in [2.24, 2.45) is 0 Å². The van der Waals surface area contributed by atoms with Crippen molar-refractivity contribution in [3.63, 3.8) is 0 Å². The first-order valence-corrected chi connectivity index (χ1v) is 7.17. The van der Waals surface area contributed by atoms with Crippen molar-refractivity contribution in [2.45, 2.75) is 19.6 Å². The lowest BCUT2D eigenvalue weighted by atomic mass is 11.0. The average Bonchev–Trinajstić information content (AvgIpc) is 1.82. The van der Waals surface area contributed by atoms with Gasteiger partial charge in [0.2, 0.25) is 0 Å². The van der Waals surface area contributed by atoms with Crippen LogP contribution in [0.25, 0.3) is 0 Å². The average molecular weight is 184 g/mol. The highest BCUT2D eigenvalue weighted by Crippen LogP contribution is 2.02. The molecule has 0 radical (unpaired) electrons. The van der Waals surface area contributed by atoms with Crippen LogP contribution in [0.15, 0.2) is 11.1 Å². The Morgan fingerprint density at radius 1 is 1.42 bits per heavy atom. The van der Waals surface area contributed by atoms with E-state index in [1.807, 2.05) is 0 Å². The lowest BCUT2D eigenvalue weighted by Gasteiger charge is -2.17. The van der Waals surface area contributed by atoms with Gasteiger partial charge in [0, 0.05) is 0 Å². The van der Waals surface area contributed by atoms with Gasteiger partial charge in [-0.2, -0.15) is 4.98 Å². The number of rotatable bonds is 2. The summed E-state index contributed by atoms with van der Waals surface area (Å²) in [6, 6.07) is 0. The number of aromatic nitrogens is 3. The second kappa shape index (κ2) is 3.06. The van der Waals surface area contributed by atoms with Gasteiger partial charge in [-0.3, -0.25) is 4.98 Å². The Balaban J connectivity index is 2.84. The lowest BCUT2D eigenvalue weighted by Crippen LogP contribution is -2.34. The van der Waals surface area contributed by atoms with Gasteiger partial charge in [0.05, 0.1) is 0 Å². The maximum Gasteiger partial charge on any atom is 0.349 e. The summed E-state index contributed by atoms with van der Waals surface area (Å²) in [5.74, 6) is 0.508.